The van der Waals surface area contributed by atoms with E-state index in [1.165, 1.54) is 0 Å². The minimum Gasteiger partial charge on any atom is -0.362 e. The lowest BCUT2D eigenvalue weighted by Gasteiger charge is -2.17. The van der Waals surface area contributed by atoms with Crippen molar-refractivity contribution in [3.63, 3.8) is 0 Å². The predicted octanol–water partition coefficient (Wildman–Crippen LogP) is -0.0883. The van der Waals surface area contributed by atoms with Crippen LogP contribution in [0.25, 0.3) is 0 Å². The summed E-state index contributed by atoms with van der Waals surface area (Å²) in [4.78, 5) is 8.13. The highest BCUT2D eigenvalue weighted by Gasteiger charge is 2.07. The zero-order valence-corrected chi connectivity index (χ0v) is 6.96. The minimum atomic E-state index is 0.765. The van der Waals surface area contributed by atoms with Crippen molar-refractivity contribution in [2.45, 2.75) is 6.67 Å². The van der Waals surface area contributed by atoms with Crippen LogP contribution in [0, 0.1) is 0 Å². The van der Waals surface area contributed by atoms with Gasteiger partial charge in [0.15, 0.2) is 0 Å². The van der Waals surface area contributed by atoms with Crippen LogP contribution in [0.3, 0.4) is 0 Å². The summed E-state index contributed by atoms with van der Waals surface area (Å²) >= 11 is 0. The number of rotatable bonds is 2. The molecule has 5 heteroatoms. The topological polar surface area (TPSA) is 37.2 Å². The molecule has 0 saturated carbocycles. The van der Waals surface area contributed by atoms with Gasteiger partial charge in [0.1, 0.15) is 19.3 Å². The molecule has 1 aliphatic rings. The Morgan fingerprint density at radius 3 is 2.92 bits per heavy atom. The van der Waals surface area contributed by atoms with Crippen molar-refractivity contribution >= 4 is 0 Å². The van der Waals surface area contributed by atoms with Crippen LogP contribution < -0.4 is 0 Å². The van der Waals surface area contributed by atoms with E-state index >= 15 is 0 Å². The predicted molar refractivity (Wildman–Crippen MR) is 43.6 cm³/mol. The molecule has 0 N–H and O–H groups in total. The molecule has 0 saturated heterocycles. The first-order valence-electron chi connectivity index (χ1n) is 3.79. The van der Waals surface area contributed by atoms with E-state index in [0.29, 0.717) is 0 Å². The summed E-state index contributed by atoms with van der Waals surface area (Å²) < 4.78 is 1.80. The maximum absolute atomic E-state index is 4.02. The quantitative estimate of drug-likeness (QED) is 0.614. The first-order chi connectivity index (χ1) is 5.84. The highest BCUT2D eigenvalue weighted by Crippen LogP contribution is 2.03. The van der Waals surface area contributed by atoms with Crippen molar-refractivity contribution in [1.29, 1.82) is 0 Å². The summed E-state index contributed by atoms with van der Waals surface area (Å²) in [7, 11) is 2.04. The zero-order valence-electron chi connectivity index (χ0n) is 6.96. The maximum Gasteiger partial charge on any atom is 0.137 e. The second kappa shape index (κ2) is 2.84. The van der Waals surface area contributed by atoms with Crippen LogP contribution in [0.4, 0.5) is 0 Å². The van der Waals surface area contributed by atoms with Gasteiger partial charge >= 0.3 is 0 Å². The van der Waals surface area contributed by atoms with Gasteiger partial charge in [0.2, 0.25) is 0 Å². The summed E-state index contributed by atoms with van der Waals surface area (Å²) in [5.41, 5.74) is 0. The second-order valence-corrected chi connectivity index (χ2v) is 2.86. The van der Waals surface area contributed by atoms with E-state index in [1.807, 2.05) is 19.4 Å². The van der Waals surface area contributed by atoms with E-state index in [4.69, 9.17) is 0 Å². The minimum absolute atomic E-state index is 0.765. The Morgan fingerprint density at radius 1 is 1.42 bits per heavy atom. The lowest BCUT2D eigenvalue weighted by atomic mass is 10.8. The van der Waals surface area contributed by atoms with Gasteiger partial charge < -0.3 is 9.80 Å². The number of hydrogen-bond acceptors (Lipinski definition) is 4. The number of aromatic nitrogens is 3. The van der Waals surface area contributed by atoms with Crippen molar-refractivity contribution < 1.29 is 0 Å². The Bertz CT molecular complexity index is 265. The van der Waals surface area contributed by atoms with Crippen molar-refractivity contribution in [1.82, 2.24) is 24.6 Å². The Kier molecular flexibility index (Phi) is 1.69. The monoisotopic (exact) mass is 165 g/mol. The average molecular weight is 165 g/mol. The molecule has 2 rings (SSSR count). The molecule has 0 atom stereocenters. The Morgan fingerprint density at radius 2 is 2.33 bits per heavy atom. The van der Waals surface area contributed by atoms with Crippen LogP contribution in [0.1, 0.15) is 0 Å². The van der Waals surface area contributed by atoms with Crippen LogP contribution in [-0.4, -0.2) is 38.3 Å². The Hall–Kier alpha value is -1.52. The van der Waals surface area contributed by atoms with Gasteiger partial charge in [-0.15, -0.1) is 0 Å². The SMILES string of the molecule is CN1C=CN(Cn2cncn2)C1. The fourth-order valence-corrected chi connectivity index (χ4v) is 1.17. The molecule has 0 unspecified atom stereocenters. The van der Waals surface area contributed by atoms with Gasteiger partial charge in [0.05, 0.1) is 6.67 Å². The summed E-state index contributed by atoms with van der Waals surface area (Å²) in [6, 6.07) is 0. The summed E-state index contributed by atoms with van der Waals surface area (Å²) in [5.74, 6) is 0. The molecule has 0 radical (unpaired) electrons. The first-order valence-corrected chi connectivity index (χ1v) is 3.79. The molecular weight excluding hydrogens is 154 g/mol. The lowest BCUT2D eigenvalue weighted by molar-refractivity contribution is 0.239. The average Bonchev–Trinajstić information content (AvgIpc) is 2.63. The molecule has 0 aromatic carbocycles. The van der Waals surface area contributed by atoms with Gasteiger partial charge in [-0.25, -0.2) is 9.67 Å². The van der Waals surface area contributed by atoms with E-state index in [-0.39, 0.29) is 0 Å². The smallest absolute Gasteiger partial charge is 0.137 e. The maximum atomic E-state index is 4.02. The lowest BCUT2D eigenvalue weighted by Crippen LogP contribution is -2.25. The van der Waals surface area contributed by atoms with Crippen LogP contribution >= 0.6 is 0 Å². The molecule has 1 aromatic rings. The van der Waals surface area contributed by atoms with Gasteiger partial charge in [-0.05, 0) is 0 Å². The van der Waals surface area contributed by atoms with E-state index < -0.39 is 0 Å². The third-order valence-corrected chi connectivity index (χ3v) is 1.73. The van der Waals surface area contributed by atoms with Crippen molar-refractivity contribution in [2.75, 3.05) is 13.7 Å². The fourth-order valence-electron chi connectivity index (χ4n) is 1.17. The van der Waals surface area contributed by atoms with Gasteiger partial charge in [0.25, 0.3) is 0 Å². The van der Waals surface area contributed by atoms with E-state index in [9.17, 15) is 0 Å². The molecule has 0 amide bonds. The summed E-state index contributed by atoms with van der Waals surface area (Å²) in [5, 5.41) is 4.02. The molecule has 0 spiro atoms. The summed E-state index contributed by atoms with van der Waals surface area (Å²) in [6.07, 6.45) is 7.34. The van der Waals surface area contributed by atoms with Gasteiger partial charge in [0, 0.05) is 19.4 Å². The normalized spacial score (nSPS) is 16.1. The molecule has 2 heterocycles. The van der Waals surface area contributed by atoms with Crippen LogP contribution in [0.15, 0.2) is 25.1 Å². The molecular formula is C7H11N5. The number of hydrogen-bond donors (Lipinski definition) is 0. The largest absolute Gasteiger partial charge is 0.362 e. The third-order valence-electron chi connectivity index (χ3n) is 1.73. The van der Waals surface area contributed by atoms with Gasteiger partial charge in [-0.1, -0.05) is 0 Å². The van der Waals surface area contributed by atoms with Gasteiger partial charge in [-0.2, -0.15) is 5.10 Å². The molecule has 1 aliphatic heterocycles. The third kappa shape index (κ3) is 1.39. The Balaban J connectivity index is 1.93. The van der Waals surface area contributed by atoms with Crippen molar-refractivity contribution in [2.24, 2.45) is 0 Å². The molecule has 64 valence electrons. The zero-order chi connectivity index (χ0) is 8.39. The molecule has 0 bridgehead atoms. The fraction of sp³-hybridized carbons (Fsp3) is 0.429. The van der Waals surface area contributed by atoms with E-state index in [1.54, 1.807) is 17.3 Å². The van der Waals surface area contributed by atoms with Crippen molar-refractivity contribution in [3.8, 4) is 0 Å². The van der Waals surface area contributed by atoms with Gasteiger partial charge in [-0.3, -0.25) is 0 Å². The summed E-state index contributed by atoms with van der Waals surface area (Å²) in [6.45, 7) is 1.68. The first kappa shape index (κ1) is 7.15. The molecule has 12 heavy (non-hydrogen) atoms. The van der Waals surface area contributed by atoms with Crippen LogP contribution in [0.5, 0.6) is 0 Å². The second-order valence-electron chi connectivity index (χ2n) is 2.86. The number of nitrogens with zero attached hydrogens (tertiary/aromatic N) is 5. The molecule has 1 aromatic heterocycles. The Labute approximate surface area is 70.9 Å². The highest BCUT2D eigenvalue weighted by atomic mass is 15.4. The van der Waals surface area contributed by atoms with E-state index in [0.717, 1.165) is 13.3 Å². The van der Waals surface area contributed by atoms with Crippen LogP contribution in [-0.2, 0) is 6.67 Å². The highest BCUT2D eigenvalue weighted by molar-refractivity contribution is 4.87. The molecule has 5 nitrogen and oxygen atoms in total. The van der Waals surface area contributed by atoms with Crippen molar-refractivity contribution in [3.05, 3.63) is 25.1 Å². The molecule has 0 fully saturated rings. The van der Waals surface area contributed by atoms with Crippen LogP contribution in [0.2, 0.25) is 0 Å². The standard InChI is InChI=1S/C7H11N5/c1-10-2-3-11(6-10)7-12-5-8-4-9-12/h2-5H,6-7H2,1H3. The molecule has 0 aliphatic carbocycles. The van der Waals surface area contributed by atoms with E-state index in [2.05, 4.69) is 19.9 Å².